The lowest BCUT2D eigenvalue weighted by Gasteiger charge is -2.27. The molecule has 0 spiro atoms. The van der Waals surface area contributed by atoms with Gasteiger partial charge in [0.15, 0.2) is 15.6 Å². The molecule has 142 valence electrons. The zero-order valence-corrected chi connectivity index (χ0v) is 17.0. The predicted octanol–water partition coefficient (Wildman–Crippen LogP) is 4.29. The Bertz CT molecular complexity index is 1100. The van der Waals surface area contributed by atoms with Gasteiger partial charge in [-0.1, -0.05) is 17.7 Å². The van der Waals surface area contributed by atoms with Gasteiger partial charge < -0.3 is 9.32 Å². The van der Waals surface area contributed by atoms with Crippen LogP contribution in [0.15, 0.2) is 40.1 Å². The van der Waals surface area contributed by atoms with E-state index in [0.717, 1.165) is 15.8 Å². The SMILES string of the molecule is Cc1c(C(=O)N(Cc2cccs2)[C@@H]2CCS(=O)(=O)C2)oc2ccc(Cl)cc12. The number of aryl methyl sites for hydroxylation is 1. The summed E-state index contributed by atoms with van der Waals surface area (Å²) in [7, 11) is -3.11. The lowest BCUT2D eigenvalue weighted by Crippen LogP contribution is -2.40. The number of carbonyl (C=O) groups excluding carboxylic acids is 1. The summed E-state index contributed by atoms with van der Waals surface area (Å²) in [5.41, 5.74) is 1.31. The first-order chi connectivity index (χ1) is 12.8. The summed E-state index contributed by atoms with van der Waals surface area (Å²) in [6.45, 7) is 2.19. The van der Waals surface area contributed by atoms with Crippen LogP contribution >= 0.6 is 22.9 Å². The van der Waals surface area contributed by atoms with Gasteiger partial charge in [0.05, 0.1) is 18.1 Å². The molecule has 27 heavy (non-hydrogen) atoms. The normalized spacial score (nSPS) is 18.8. The second kappa shape index (κ2) is 6.96. The molecule has 3 heterocycles. The lowest BCUT2D eigenvalue weighted by atomic mass is 10.1. The van der Waals surface area contributed by atoms with Crippen molar-refractivity contribution in [1.82, 2.24) is 4.90 Å². The molecule has 1 aromatic carbocycles. The summed E-state index contributed by atoms with van der Waals surface area (Å²) < 4.78 is 29.8. The van der Waals surface area contributed by atoms with E-state index in [1.165, 1.54) is 0 Å². The molecule has 5 nitrogen and oxygen atoms in total. The number of furan rings is 1. The van der Waals surface area contributed by atoms with Crippen molar-refractivity contribution >= 4 is 49.7 Å². The van der Waals surface area contributed by atoms with Crippen LogP contribution in [-0.2, 0) is 16.4 Å². The van der Waals surface area contributed by atoms with Crippen LogP contribution in [0.3, 0.4) is 0 Å². The van der Waals surface area contributed by atoms with Gasteiger partial charge in [-0.3, -0.25) is 4.79 Å². The molecule has 8 heteroatoms. The van der Waals surface area contributed by atoms with Crippen molar-refractivity contribution in [3.8, 4) is 0 Å². The molecule has 1 fully saturated rings. The number of hydrogen-bond acceptors (Lipinski definition) is 5. The van der Waals surface area contributed by atoms with Crippen LogP contribution in [0.1, 0.15) is 27.4 Å². The molecule has 2 aromatic heterocycles. The highest BCUT2D eigenvalue weighted by Gasteiger charge is 2.36. The van der Waals surface area contributed by atoms with Gasteiger partial charge in [0.1, 0.15) is 5.58 Å². The third-order valence-electron chi connectivity index (χ3n) is 4.91. The second-order valence-corrected chi connectivity index (χ2v) is 10.5. The molecular weight excluding hydrogens is 406 g/mol. The van der Waals surface area contributed by atoms with E-state index in [9.17, 15) is 13.2 Å². The maximum Gasteiger partial charge on any atom is 0.290 e. The third kappa shape index (κ3) is 3.63. The zero-order chi connectivity index (χ0) is 19.2. The number of rotatable bonds is 4. The van der Waals surface area contributed by atoms with Gasteiger partial charge in [-0.05, 0) is 43.0 Å². The van der Waals surface area contributed by atoms with Crippen molar-refractivity contribution < 1.29 is 17.6 Å². The van der Waals surface area contributed by atoms with E-state index in [1.54, 1.807) is 34.4 Å². The Morgan fingerprint density at radius 3 is 2.85 bits per heavy atom. The number of sulfone groups is 1. The molecule has 0 bridgehead atoms. The molecule has 0 aliphatic carbocycles. The average Bonchev–Trinajstić information content (AvgIpc) is 3.33. The molecule has 1 amide bonds. The predicted molar refractivity (Wildman–Crippen MR) is 107 cm³/mol. The van der Waals surface area contributed by atoms with Gasteiger partial charge in [-0.2, -0.15) is 0 Å². The van der Waals surface area contributed by atoms with Crippen LogP contribution in [0.2, 0.25) is 5.02 Å². The molecule has 1 aliphatic heterocycles. The standard InChI is InChI=1S/C19H18ClNO4S2/c1-12-16-9-13(20)4-5-17(16)25-18(12)19(22)21(10-15-3-2-7-26-15)14-6-8-27(23,24)11-14/h2-5,7,9,14H,6,8,10-11H2,1H3/t14-/m1/s1. The van der Waals surface area contributed by atoms with E-state index >= 15 is 0 Å². The number of thiophene rings is 1. The zero-order valence-electron chi connectivity index (χ0n) is 14.6. The van der Waals surface area contributed by atoms with Crippen LogP contribution in [0.4, 0.5) is 0 Å². The monoisotopic (exact) mass is 423 g/mol. The first-order valence-corrected chi connectivity index (χ1v) is 11.6. The van der Waals surface area contributed by atoms with Crippen LogP contribution in [-0.4, -0.2) is 36.8 Å². The Kier molecular flexibility index (Phi) is 4.78. The minimum Gasteiger partial charge on any atom is -0.451 e. The number of nitrogens with zero attached hydrogens (tertiary/aromatic N) is 1. The highest BCUT2D eigenvalue weighted by Crippen LogP contribution is 2.31. The first kappa shape index (κ1) is 18.5. The minimum absolute atomic E-state index is 0.00474. The molecule has 0 N–H and O–H groups in total. The Balaban J connectivity index is 1.73. The molecule has 3 aromatic rings. The summed E-state index contributed by atoms with van der Waals surface area (Å²) in [6, 6.07) is 8.75. The van der Waals surface area contributed by atoms with Crippen molar-refractivity contribution in [3.63, 3.8) is 0 Å². The molecule has 1 aliphatic rings. The molecule has 0 unspecified atom stereocenters. The van der Waals surface area contributed by atoms with Crippen molar-refractivity contribution in [2.45, 2.75) is 25.9 Å². The smallest absolute Gasteiger partial charge is 0.290 e. The molecule has 0 saturated carbocycles. The fraction of sp³-hybridized carbons (Fsp3) is 0.316. The molecule has 1 atom stereocenters. The molecular formula is C19H18ClNO4S2. The third-order valence-corrected chi connectivity index (χ3v) is 7.76. The number of benzene rings is 1. The highest BCUT2D eigenvalue weighted by atomic mass is 35.5. The van der Waals surface area contributed by atoms with E-state index in [-0.39, 0.29) is 29.2 Å². The van der Waals surface area contributed by atoms with Crippen LogP contribution in [0, 0.1) is 6.92 Å². The summed E-state index contributed by atoms with van der Waals surface area (Å²) in [4.78, 5) is 16.0. The fourth-order valence-electron chi connectivity index (χ4n) is 3.49. The van der Waals surface area contributed by atoms with Gasteiger partial charge in [0.2, 0.25) is 0 Å². The van der Waals surface area contributed by atoms with Gasteiger partial charge in [-0.15, -0.1) is 11.3 Å². The number of carbonyl (C=O) groups is 1. The van der Waals surface area contributed by atoms with Gasteiger partial charge in [-0.25, -0.2) is 8.42 Å². The summed E-state index contributed by atoms with van der Waals surface area (Å²) in [5.74, 6) is 0.0685. The first-order valence-electron chi connectivity index (χ1n) is 8.56. The average molecular weight is 424 g/mol. The quantitative estimate of drug-likeness (QED) is 0.627. The maximum absolute atomic E-state index is 13.4. The van der Waals surface area contributed by atoms with Gasteiger partial charge in [0, 0.05) is 26.9 Å². The number of halogens is 1. The van der Waals surface area contributed by atoms with Crippen LogP contribution < -0.4 is 0 Å². The summed E-state index contributed by atoms with van der Waals surface area (Å²) in [5, 5.41) is 3.31. The summed E-state index contributed by atoms with van der Waals surface area (Å²) >= 11 is 7.61. The van der Waals surface area contributed by atoms with E-state index in [2.05, 4.69) is 0 Å². The van der Waals surface area contributed by atoms with E-state index in [1.807, 2.05) is 24.4 Å². The fourth-order valence-corrected chi connectivity index (χ4v) is 6.09. The Morgan fingerprint density at radius 2 is 2.19 bits per heavy atom. The van der Waals surface area contributed by atoms with Gasteiger partial charge in [0.25, 0.3) is 5.91 Å². The number of fused-ring (bicyclic) bond motifs is 1. The van der Waals surface area contributed by atoms with E-state index < -0.39 is 9.84 Å². The van der Waals surface area contributed by atoms with Crippen molar-refractivity contribution in [1.29, 1.82) is 0 Å². The van der Waals surface area contributed by atoms with Crippen molar-refractivity contribution in [3.05, 3.63) is 56.9 Å². The minimum atomic E-state index is -3.11. The number of hydrogen-bond donors (Lipinski definition) is 0. The van der Waals surface area contributed by atoms with E-state index in [4.69, 9.17) is 16.0 Å². The van der Waals surface area contributed by atoms with Crippen LogP contribution in [0.25, 0.3) is 11.0 Å². The Morgan fingerprint density at radius 1 is 1.37 bits per heavy atom. The maximum atomic E-state index is 13.4. The van der Waals surface area contributed by atoms with Gasteiger partial charge >= 0.3 is 0 Å². The Hall–Kier alpha value is -1.83. The molecule has 0 radical (unpaired) electrons. The Labute approximate surface area is 166 Å². The van der Waals surface area contributed by atoms with Crippen molar-refractivity contribution in [2.24, 2.45) is 0 Å². The molecule has 4 rings (SSSR count). The van der Waals surface area contributed by atoms with Crippen molar-refractivity contribution in [2.75, 3.05) is 11.5 Å². The topological polar surface area (TPSA) is 67.6 Å². The highest BCUT2D eigenvalue weighted by molar-refractivity contribution is 7.91. The lowest BCUT2D eigenvalue weighted by molar-refractivity contribution is 0.0651. The second-order valence-electron chi connectivity index (χ2n) is 6.77. The van der Waals surface area contributed by atoms with E-state index in [0.29, 0.717) is 23.6 Å². The molecule has 1 saturated heterocycles. The number of amides is 1. The summed E-state index contributed by atoms with van der Waals surface area (Å²) in [6.07, 6.45) is 0.449. The van der Waals surface area contributed by atoms with Crippen LogP contribution in [0.5, 0.6) is 0 Å². The largest absolute Gasteiger partial charge is 0.451 e.